The van der Waals surface area contributed by atoms with E-state index in [1.54, 1.807) is 41.3 Å². The van der Waals surface area contributed by atoms with Gasteiger partial charge in [-0.1, -0.05) is 97.1 Å². The molecule has 0 aromatic heterocycles. The number of aliphatic hydroxyl groups excluding tert-OH is 1. The third-order valence-electron chi connectivity index (χ3n) is 8.84. The Bertz CT molecular complexity index is 1600. The van der Waals surface area contributed by atoms with Gasteiger partial charge in [-0.3, -0.25) is 9.59 Å². The molecule has 0 unspecified atom stereocenters. The largest absolute Gasteiger partial charge is 0.454 e. The van der Waals surface area contributed by atoms with Crippen molar-refractivity contribution < 1.29 is 38.5 Å². The highest BCUT2D eigenvalue weighted by Gasteiger charge is 2.36. The number of fused-ring (bicyclic) bond motifs is 1. The second-order valence-electron chi connectivity index (χ2n) is 12.3. The molecule has 3 aromatic carbocycles. The Hall–Kier alpha value is -5.00. The molecule has 0 spiro atoms. The molecule has 0 bridgehead atoms. The number of hydrogen-bond donors (Lipinski definition) is 3. The number of carbonyl (C=O) groups is 4. The third kappa shape index (κ3) is 9.55. The lowest BCUT2D eigenvalue weighted by atomic mass is 9.92. The second kappa shape index (κ2) is 17.4. The standard InChI is InChI=1S/C38H43N3O8/c1-47-25-33-35(27-14-6-3-7-15-27)49-37(45)32(40-38(46)48-24-26-12-4-2-5-13-26)19-11-10-17-29(36(44)39-33)21-34(43)41-22-30-18-9-8-16-28(30)20-31(41)23-42/h2-16,18,29,31-33,35,42H,17,19-25H2,1H3,(H,39,44)(H,40,46)/t29-,31+,32-,33+,35+/m1/s1. The predicted molar refractivity (Wildman–Crippen MR) is 181 cm³/mol. The maximum absolute atomic E-state index is 13.9. The van der Waals surface area contributed by atoms with Crippen molar-refractivity contribution in [2.75, 3.05) is 20.3 Å². The Morgan fingerprint density at radius 3 is 2.33 bits per heavy atom. The molecule has 2 aliphatic heterocycles. The van der Waals surface area contributed by atoms with Crippen molar-refractivity contribution in [2.45, 2.75) is 63.1 Å². The van der Waals surface area contributed by atoms with Crippen LogP contribution in [0.15, 0.2) is 97.1 Å². The van der Waals surface area contributed by atoms with E-state index < -0.39 is 48.1 Å². The zero-order valence-corrected chi connectivity index (χ0v) is 27.5. The maximum Gasteiger partial charge on any atom is 0.408 e. The van der Waals surface area contributed by atoms with E-state index in [0.29, 0.717) is 18.5 Å². The predicted octanol–water partition coefficient (Wildman–Crippen LogP) is 4.00. The van der Waals surface area contributed by atoms with Gasteiger partial charge in [0.2, 0.25) is 11.8 Å². The SMILES string of the molecule is COC[C@@H]1NC(=O)[C@@H](CC(=O)N2Cc3ccccc3C[C@H]2CO)CC=CC[C@@H](NC(=O)OCc2ccccc2)C(=O)O[C@H]1c1ccccc1. The van der Waals surface area contributed by atoms with E-state index in [9.17, 15) is 24.3 Å². The zero-order valence-electron chi connectivity index (χ0n) is 27.5. The van der Waals surface area contributed by atoms with Crippen LogP contribution in [-0.2, 0) is 48.2 Å². The number of hydrogen-bond acceptors (Lipinski definition) is 8. The van der Waals surface area contributed by atoms with E-state index in [0.717, 1.165) is 16.7 Å². The van der Waals surface area contributed by atoms with Crippen molar-refractivity contribution in [3.63, 3.8) is 0 Å². The highest BCUT2D eigenvalue weighted by Crippen LogP contribution is 2.27. The van der Waals surface area contributed by atoms with Crippen LogP contribution in [0.1, 0.15) is 47.6 Å². The van der Waals surface area contributed by atoms with Gasteiger partial charge in [0.25, 0.3) is 0 Å². The van der Waals surface area contributed by atoms with E-state index in [-0.39, 0.29) is 45.0 Å². The molecular formula is C38H43N3O8. The van der Waals surface area contributed by atoms with Crippen LogP contribution in [-0.4, -0.2) is 72.3 Å². The number of nitrogens with one attached hydrogen (secondary N) is 2. The van der Waals surface area contributed by atoms with Crippen LogP contribution >= 0.6 is 0 Å². The van der Waals surface area contributed by atoms with Crippen LogP contribution in [0, 0.1) is 5.92 Å². The van der Waals surface area contributed by atoms with Gasteiger partial charge < -0.3 is 34.9 Å². The van der Waals surface area contributed by atoms with E-state index >= 15 is 0 Å². The van der Waals surface area contributed by atoms with Crippen molar-refractivity contribution in [1.29, 1.82) is 0 Å². The molecule has 5 atom stereocenters. The Labute approximate surface area is 286 Å². The van der Waals surface area contributed by atoms with Crippen molar-refractivity contribution in [3.8, 4) is 0 Å². The average molecular weight is 670 g/mol. The monoisotopic (exact) mass is 669 g/mol. The number of allylic oxidation sites excluding steroid dienone is 1. The molecule has 3 N–H and O–H groups in total. The highest BCUT2D eigenvalue weighted by atomic mass is 16.6. The minimum atomic E-state index is -1.09. The molecule has 2 aliphatic rings. The van der Waals surface area contributed by atoms with Gasteiger partial charge in [0, 0.05) is 20.1 Å². The summed E-state index contributed by atoms with van der Waals surface area (Å²) in [5, 5.41) is 15.8. The highest BCUT2D eigenvalue weighted by molar-refractivity contribution is 5.87. The first-order chi connectivity index (χ1) is 23.9. The first kappa shape index (κ1) is 35.3. The summed E-state index contributed by atoms with van der Waals surface area (Å²) in [6.45, 7) is 0.172. The first-order valence-corrected chi connectivity index (χ1v) is 16.5. The van der Waals surface area contributed by atoms with Gasteiger partial charge >= 0.3 is 12.1 Å². The number of nitrogens with zero attached hydrogens (tertiary/aromatic N) is 1. The molecule has 11 nitrogen and oxygen atoms in total. The number of alkyl carbamates (subject to hydrolysis) is 1. The Morgan fingerprint density at radius 1 is 0.939 bits per heavy atom. The summed E-state index contributed by atoms with van der Waals surface area (Å²) >= 11 is 0. The van der Waals surface area contributed by atoms with Gasteiger partial charge in [0.05, 0.1) is 31.2 Å². The van der Waals surface area contributed by atoms with E-state index in [1.165, 1.54) is 7.11 Å². The van der Waals surface area contributed by atoms with Crippen molar-refractivity contribution in [1.82, 2.24) is 15.5 Å². The number of benzene rings is 3. The fourth-order valence-corrected chi connectivity index (χ4v) is 6.18. The van der Waals surface area contributed by atoms with Crippen LogP contribution in [0.5, 0.6) is 0 Å². The molecule has 0 saturated carbocycles. The lowest BCUT2D eigenvalue weighted by molar-refractivity contribution is -0.155. The van der Waals surface area contributed by atoms with Gasteiger partial charge in [0.1, 0.15) is 18.8 Å². The molecule has 0 radical (unpaired) electrons. The Balaban J connectivity index is 1.38. The van der Waals surface area contributed by atoms with Crippen LogP contribution in [0.3, 0.4) is 0 Å². The minimum Gasteiger partial charge on any atom is -0.454 e. The molecule has 11 heteroatoms. The summed E-state index contributed by atoms with van der Waals surface area (Å²) in [6, 6.07) is 23.7. The number of rotatable bonds is 9. The van der Waals surface area contributed by atoms with Crippen molar-refractivity contribution in [3.05, 3.63) is 119 Å². The van der Waals surface area contributed by atoms with Crippen LogP contribution in [0.2, 0.25) is 0 Å². The smallest absolute Gasteiger partial charge is 0.408 e. The molecule has 5 rings (SSSR count). The number of carbonyl (C=O) groups excluding carboxylic acids is 4. The van der Waals surface area contributed by atoms with E-state index in [2.05, 4.69) is 10.6 Å². The number of amides is 3. The summed E-state index contributed by atoms with van der Waals surface area (Å²) in [6.07, 6.45) is 2.34. The topological polar surface area (TPSA) is 144 Å². The van der Waals surface area contributed by atoms with Crippen LogP contribution in [0.25, 0.3) is 0 Å². The zero-order chi connectivity index (χ0) is 34.6. The first-order valence-electron chi connectivity index (χ1n) is 16.5. The lowest BCUT2D eigenvalue weighted by Crippen LogP contribution is -2.50. The lowest BCUT2D eigenvalue weighted by Gasteiger charge is -2.37. The minimum absolute atomic E-state index is 0.00178. The molecule has 258 valence electrons. The Kier molecular flexibility index (Phi) is 12.5. The summed E-state index contributed by atoms with van der Waals surface area (Å²) in [4.78, 5) is 55.8. The number of cyclic esters (lactones) is 1. The van der Waals surface area contributed by atoms with Crippen LogP contribution < -0.4 is 10.6 Å². The van der Waals surface area contributed by atoms with Gasteiger partial charge in [-0.25, -0.2) is 9.59 Å². The van der Waals surface area contributed by atoms with Gasteiger partial charge in [-0.15, -0.1) is 0 Å². The average Bonchev–Trinajstić information content (AvgIpc) is 3.13. The van der Waals surface area contributed by atoms with Crippen molar-refractivity contribution >= 4 is 23.9 Å². The quantitative estimate of drug-likeness (QED) is 0.229. The number of esters is 1. The molecule has 0 saturated heterocycles. The number of ether oxygens (including phenoxy) is 3. The van der Waals surface area contributed by atoms with Gasteiger partial charge in [-0.2, -0.15) is 0 Å². The molecule has 3 aromatic rings. The molecule has 3 amide bonds. The fourth-order valence-electron chi connectivity index (χ4n) is 6.18. The normalized spacial score (nSPS) is 22.8. The molecular weight excluding hydrogens is 626 g/mol. The van der Waals surface area contributed by atoms with E-state index in [4.69, 9.17) is 14.2 Å². The maximum atomic E-state index is 13.9. The van der Waals surface area contributed by atoms with Gasteiger partial charge in [-0.05, 0) is 41.5 Å². The third-order valence-corrected chi connectivity index (χ3v) is 8.84. The molecule has 0 aliphatic carbocycles. The fraction of sp³-hybridized carbons (Fsp3) is 0.368. The second-order valence-corrected chi connectivity index (χ2v) is 12.3. The number of methoxy groups -OCH3 is 1. The Morgan fingerprint density at radius 2 is 1.61 bits per heavy atom. The molecule has 0 fully saturated rings. The summed E-state index contributed by atoms with van der Waals surface area (Å²) in [5.41, 5.74) is 3.51. The van der Waals surface area contributed by atoms with E-state index in [1.807, 2.05) is 60.7 Å². The van der Waals surface area contributed by atoms with Crippen molar-refractivity contribution in [2.24, 2.45) is 5.92 Å². The van der Waals surface area contributed by atoms with Gasteiger partial charge in [0.15, 0.2) is 0 Å². The summed E-state index contributed by atoms with van der Waals surface area (Å²) in [7, 11) is 1.48. The number of aliphatic hydroxyl groups is 1. The summed E-state index contributed by atoms with van der Waals surface area (Å²) < 4.78 is 16.9. The molecule has 49 heavy (non-hydrogen) atoms. The molecule has 2 heterocycles. The summed E-state index contributed by atoms with van der Waals surface area (Å²) in [5.74, 6) is -2.12. The van der Waals surface area contributed by atoms with Crippen LogP contribution in [0.4, 0.5) is 4.79 Å².